The van der Waals surface area contributed by atoms with E-state index in [4.69, 9.17) is 20.8 Å². The molecule has 58 valence electrons. The Morgan fingerprint density at radius 3 is 2.30 bits per heavy atom. The summed E-state index contributed by atoms with van der Waals surface area (Å²) in [5.74, 6) is -4.21. The van der Waals surface area contributed by atoms with Gasteiger partial charge in [-0.2, -0.15) is 0 Å². The van der Waals surface area contributed by atoms with Gasteiger partial charge >= 0.3 is 11.9 Å². The smallest absolute Gasteiger partial charge is 0.332 e. The molecule has 0 rings (SSSR count). The molecular weight excluding hydrogens is 140 g/mol. The molecule has 0 fully saturated rings. The van der Waals surface area contributed by atoms with Crippen molar-refractivity contribution in [2.45, 2.75) is 18.8 Å². The molecule has 3 N–H and O–H groups in total. The predicted octanol–water partition coefficient (Wildman–Crippen LogP) is -0.703. The van der Waals surface area contributed by atoms with E-state index in [1.54, 1.807) is 0 Å². The maximum atomic E-state index is 10.3. The number of carboxylic acid groups (broad SMARTS) is 2. The highest BCUT2D eigenvalue weighted by atomic mass is 16.4. The minimum Gasteiger partial charge on any atom is -0.481 e. The zero-order chi connectivity index (χ0) is 11.7. The first-order valence-corrected chi connectivity index (χ1v) is 2.19. The van der Waals surface area contributed by atoms with Gasteiger partial charge in [-0.15, -0.1) is 0 Å². The van der Waals surface area contributed by atoms with Gasteiger partial charge in [-0.3, -0.25) is 4.79 Å². The Kier molecular flexibility index (Phi) is 1.51. The van der Waals surface area contributed by atoms with E-state index in [0.717, 1.165) is 0 Å². The van der Waals surface area contributed by atoms with E-state index >= 15 is 0 Å². The van der Waals surface area contributed by atoms with Crippen molar-refractivity contribution >= 4 is 11.9 Å². The minimum absolute atomic E-state index is 2.03. The lowest BCUT2D eigenvalue weighted by atomic mass is 10.2. The average Bonchev–Trinajstić information content (AvgIpc) is 2.01. The Bertz CT molecular complexity index is 263. The number of hydrogen-bond donors (Lipinski definition) is 3. The Balaban J connectivity index is 5.13. The third-order valence-electron chi connectivity index (χ3n) is 0.550. The Hall–Kier alpha value is -1.10. The fourth-order valence-corrected chi connectivity index (χ4v) is 0.192. The van der Waals surface area contributed by atoms with Crippen LogP contribution in [0.25, 0.3) is 0 Å². The number of aliphatic hydroxyl groups is 1. The van der Waals surface area contributed by atoms with Crippen molar-refractivity contribution in [3.63, 3.8) is 0 Å². The first kappa shape index (κ1) is 3.92. The molecule has 0 aromatic carbocycles. The summed E-state index contributed by atoms with van der Waals surface area (Å²) in [7, 11) is 0. The van der Waals surface area contributed by atoms with E-state index < -0.39 is 30.8 Å². The molecular formula is C5H8O5. The number of carboxylic acids is 2. The topological polar surface area (TPSA) is 94.8 Å². The van der Waals surface area contributed by atoms with E-state index in [1.165, 1.54) is 0 Å². The van der Waals surface area contributed by atoms with Crippen LogP contribution in [0.2, 0.25) is 0 Å². The molecule has 0 amide bonds. The van der Waals surface area contributed by atoms with Crippen molar-refractivity contribution in [3.8, 4) is 0 Å². The molecule has 0 heterocycles. The van der Waals surface area contributed by atoms with Crippen molar-refractivity contribution in [1.82, 2.24) is 0 Å². The van der Waals surface area contributed by atoms with Crippen LogP contribution in [-0.4, -0.2) is 33.4 Å². The minimum atomic E-state index is -3.48. The highest BCUT2D eigenvalue weighted by molar-refractivity contribution is 5.73. The summed E-state index contributed by atoms with van der Waals surface area (Å²) in [4.78, 5) is 20.4. The van der Waals surface area contributed by atoms with Gasteiger partial charge in [-0.25, -0.2) is 4.79 Å². The van der Waals surface area contributed by atoms with Gasteiger partial charge in [0.05, 0.1) is 0 Å². The molecule has 1 unspecified atom stereocenters. The molecule has 0 bridgehead atoms. The second-order valence-electron chi connectivity index (χ2n) is 1.32. The SMILES string of the molecule is [2H]C([2H])(C(=O)O)C([2H])([2H])C(O)C(=O)O. The molecule has 0 saturated carbocycles. The Morgan fingerprint density at radius 1 is 1.50 bits per heavy atom. The molecule has 0 aromatic heterocycles. The lowest BCUT2D eigenvalue weighted by Gasteiger charge is -2.00. The quantitative estimate of drug-likeness (QED) is 0.495. The normalized spacial score (nSPS) is 21.3. The zero-order valence-electron chi connectivity index (χ0n) is 8.74. The summed E-state index contributed by atoms with van der Waals surface area (Å²) >= 11 is 0. The van der Waals surface area contributed by atoms with Crippen molar-refractivity contribution in [2.75, 3.05) is 0 Å². The molecule has 0 saturated heterocycles. The number of aliphatic hydroxyl groups excluding tert-OH is 1. The third-order valence-corrected chi connectivity index (χ3v) is 0.550. The second kappa shape index (κ2) is 3.84. The molecule has 0 aromatic rings. The molecule has 0 aliphatic carbocycles. The summed E-state index contributed by atoms with van der Waals surface area (Å²) in [5.41, 5.74) is 0. The molecule has 5 heteroatoms. The van der Waals surface area contributed by atoms with Crippen LogP contribution in [0.15, 0.2) is 0 Å². The van der Waals surface area contributed by atoms with Crippen LogP contribution in [0.3, 0.4) is 0 Å². The van der Waals surface area contributed by atoms with E-state index in [9.17, 15) is 9.59 Å². The van der Waals surface area contributed by atoms with Gasteiger partial charge < -0.3 is 15.3 Å². The van der Waals surface area contributed by atoms with E-state index in [1.807, 2.05) is 0 Å². The maximum absolute atomic E-state index is 10.3. The van der Waals surface area contributed by atoms with Gasteiger partial charge in [0, 0.05) is 11.9 Å². The highest BCUT2D eigenvalue weighted by Crippen LogP contribution is 1.95. The van der Waals surface area contributed by atoms with Gasteiger partial charge in [-0.05, 0) is 6.37 Å². The highest BCUT2D eigenvalue weighted by Gasteiger charge is 2.13. The van der Waals surface area contributed by atoms with Gasteiger partial charge in [0.25, 0.3) is 0 Å². The first-order valence-electron chi connectivity index (χ1n) is 4.19. The second-order valence-corrected chi connectivity index (χ2v) is 1.32. The zero-order valence-corrected chi connectivity index (χ0v) is 4.74. The van der Waals surface area contributed by atoms with Crippen LogP contribution in [0.1, 0.15) is 18.2 Å². The summed E-state index contributed by atoms with van der Waals surface area (Å²) in [6.07, 6.45) is -9.64. The van der Waals surface area contributed by atoms with Gasteiger partial charge in [0.2, 0.25) is 0 Å². The largest absolute Gasteiger partial charge is 0.481 e. The number of aliphatic carboxylic acids is 2. The maximum Gasteiger partial charge on any atom is 0.332 e. The van der Waals surface area contributed by atoms with Crippen LogP contribution in [0.5, 0.6) is 0 Å². The lowest BCUT2D eigenvalue weighted by molar-refractivity contribution is -0.147. The molecule has 10 heavy (non-hydrogen) atoms. The fraction of sp³-hybridized carbons (Fsp3) is 0.600. The van der Waals surface area contributed by atoms with Crippen LogP contribution < -0.4 is 0 Å². The standard InChI is InChI=1S/C5H8O5/c6-3(5(9)10)1-2-4(7)8/h3,6H,1-2H2,(H,7,8)(H,9,10)/i1D2,2D2. The fourth-order valence-electron chi connectivity index (χ4n) is 0.192. The average molecular weight is 152 g/mol. The summed E-state index contributed by atoms with van der Waals surface area (Å²) in [5, 5.41) is 25.3. The Labute approximate surface area is 62.5 Å². The molecule has 5 nitrogen and oxygen atoms in total. The van der Waals surface area contributed by atoms with Crippen molar-refractivity contribution in [2.24, 2.45) is 0 Å². The molecule has 1 atom stereocenters. The van der Waals surface area contributed by atoms with E-state index in [-0.39, 0.29) is 0 Å². The lowest BCUT2D eigenvalue weighted by Crippen LogP contribution is -2.20. The van der Waals surface area contributed by atoms with Crippen molar-refractivity contribution in [3.05, 3.63) is 0 Å². The molecule has 0 aliphatic rings. The van der Waals surface area contributed by atoms with Gasteiger partial charge in [0.1, 0.15) is 0 Å². The Morgan fingerprint density at radius 2 is 2.00 bits per heavy atom. The van der Waals surface area contributed by atoms with E-state index in [0.29, 0.717) is 0 Å². The monoisotopic (exact) mass is 152 g/mol. The van der Waals surface area contributed by atoms with Gasteiger partial charge in [-0.1, -0.05) is 0 Å². The summed E-state index contributed by atoms with van der Waals surface area (Å²) in [6.45, 7) is 0. The third kappa shape index (κ3) is 3.85. The van der Waals surface area contributed by atoms with Crippen LogP contribution in [0, 0.1) is 0 Å². The van der Waals surface area contributed by atoms with Gasteiger partial charge in [0.15, 0.2) is 6.10 Å². The van der Waals surface area contributed by atoms with E-state index in [2.05, 4.69) is 0 Å². The number of hydrogen-bond acceptors (Lipinski definition) is 3. The van der Waals surface area contributed by atoms with Crippen molar-refractivity contribution in [1.29, 1.82) is 0 Å². The van der Waals surface area contributed by atoms with Crippen LogP contribution >= 0.6 is 0 Å². The molecule has 0 radical (unpaired) electrons. The number of carbonyl (C=O) groups is 2. The molecule has 0 aliphatic heterocycles. The van der Waals surface area contributed by atoms with Crippen molar-refractivity contribution < 1.29 is 30.4 Å². The van der Waals surface area contributed by atoms with Crippen LogP contribution in [-0.2, 0) is 9.59 Å². The molecule has 0 spiro atoms. The number of rotatable bonds is 4. The summed E-state index contributed by atoms with van der Waals surface area (Å²) < 4.78 is 27.3. The first-order chi connectivity index (χ1) is 6.05. The summed E-state index contributed by atoms with van der Waals surface area (Å²) in [6, 6.07) is 0. The van der Waals surface area contributed by atoms with Crippen LogP contribution in [0.4, 0.5) is 0 Å². The predicted molar refractivity (Wildman–Crippen MR) is 30.5 cm³/mol.